The zero-order chi connectivity index (χ0) is 30.2. The molecule has 0 unspecified atom stereocenters. The molecule has 3 aromatic rings. The number of hydrogen-bond acceptors (Lipinski definition) is 6. The third-order valence-corrected chi connectivity index (χ3v) is 8.54. The van der Waals surface area contributed by atoms with E-state index in [1.807, 2.05) is 41.3 Å². The molecular formula is C34H38N4O5. The Labute approximate surface area is 252 Å². The van der Waals surface area contributed by atoms with E-state index in [0.717, 1.165) is 38.0 Å². The summed E-state index contributed by atoms with van der Waals surface area (Å²) >= 11 is 0. The van der Waals surface area contributed by atoms with Gasteiger partial charge in [0.2, 0.25) is 0 Å². The first-order valence-electron chi connectivity index (χ1n) is 14.8. The topological polar surface area (TPSA) is 96.2 Å². The van der Waals surface area contributed by atoms with Gasteiger partial charge in [-0.1, -0.05) is 54.6 Å². The summed E-state index contributed by atoms with van der Waals surface area (Å²) < 4.78 is 5.58. The molecule has 9 nitrogen and oxygen atoms in total. The first-order chi connectivity index (χ1) is 20.9. The predicted molar refractivity (Wildman–Crippen MR) is 165 cm³/mol. The van der Waals surface area contributed by atoms with Gasteiger partial charge in [0.1, 0.15) is 6.61 Å². The van der Waals surface area contributed by atoms with Crippen LogP contribution in [0.25, 0.3) is 0 Å². The first-order valence-corrected chi connectivity index (χ1v) is 14.8. The Morgan fingerprint density at radius 2 is 1.60 bits per heavy atom. The maximum atomic E-state index is 13.3. The molecule has 2 fully saturated rings. The minimum absolute atomic E-state index is 0.00156. The lowest BCUT2D eigenvalue weighted by atomic mass is 9.88. The second-order valence-corrected chi connectivity index (χ2v) is 11.3. The van der Waals surface area contributed by atoms with Gasteiger partial charge in [-0.2, -0.15) is 0 Å². The van der Waals surface area contributed by atoms with Crippen molar-refractivity contribution in [2.75, 3.05) is 39.3 Å². The zero-order valence-electron chi connectivity index (χ0n) is 24.3. The molecule has 0 aliphatic carbocycles. The van der Waals surface area contributed by atoms with Crippen LogP contribution in [0.1, 0.15) is 40.2 Å². The van der Waals surface area contributed by atoms with Crippen LogP contribution in [0.5, 0.6) is 0 Å². The fourth-order valence-corrected chi connectivity index (χ4v) is 6.26. The molecule has 2 aliphatic rings. The Morgan fingerprint density at radius 1 is 0.953 bits per heavy atom. The van der Waals surface area contributed by atoms with Crippen molar-refractivity contribution in [3.63, 3.8) is 0 Å². The lowest BCUT2D eigenvalue weighted by Crippen LogP contribution is -2.48. The smallest absolute Gasteiger partial charge is 0.410 e. The van der Waals surface area contributed by atoms with Gasteiger partial charge < -0.3 is 19.4 Å². The van der Waals surface area contributed by atoms with Crippen LogP contribution in [-0.4, -0.2) is 76.9 Å². The second kappa shape index (κ2) is 14.1. The summed E-state index contributed by atoms with van der Waals surface area (Å²) in [5.74, 6) is 0.649. The van der Waals surface area contributed by atoms with Gasteiger partial charge in [-0.15, -0.1) is 6.58 Å². The Morgan fingerprint density at radius 3 is 2.23 bits per heavy atom. The van der Waals surface area contributed by atoms with Crippen molar-refractivity contribution < 1.29 is 19.2 Å². The van der Waals surface area contributed by atoms with Gasteiger partial charge in [0, 0.05) is 68.9 Å². The monoisotopic (exact) mass is 582 g/mol. The highest BCUT2D eigenvalue weighted by Gasteiger charge is 2.38. The zero-order valence-corrected chi connectivity index (χ0v) is 24.3. The quantitative estimate of drug-likeness (QED) is 0.172. The van der Waals surface area contributed by atoms with Crippen LogP contribution in [-0.2, 0) is 11.3 Å². The van der Waals surface area contributed by atoms with Crippen molar-refractivity contribution in [3.05, 3.63) is 124 Å². The van der Waals surface area contributed by atoms with E-state index in [0.29, 0.717) is 31.1 Å². The Bertz CT molecular complexity index is 1390. The number of piperidine rings is 1. The number of benzene rings is 3. The van der Waals surface area contributed by atoms with Crippen molar-refractivity contribution in [1.29, 1.82) is 0 Å². The number of rotatable bonds is 10. The number of nitro groups is 1. The molecule has 2 amide bonds. The predicted octanol–water partition coefficient (Wildman–Crippen LogP) is 5.74. The van der Waals surface area contributed by atoms with Crippen LogP contribution in [0.3, 0.4) is 0 Å². The average molecular weight is 583 g/mol. The molecule has 5 rings (SSSR count). The number of amides is 2. The largest absolute Gasteiger partial charge is 0.445 e. The molecule has 9 heteroatoms. The molecule has 0 saturated carbocycles. The number of non-ortho nitro benzene ring substituents is 1. The number of carbonyl (C=O) groups is 2. The van der Waals surface area contributed by atoms with Crippen LogP contribution in [0.4, 0.5) is 10.5 Å². The number of likely N-dealkylation sites (tertiary alicyclic amines) is 2. The van der Waals surface area contributed by atoms with Crippen LogP contribution >= 0.6 is 0 Å². The Balaban J connectivity index is 1.18. The van der Waals surface area contributed by atoms with Gasteiger partial charge in [0.15, 0.2) is 0 Å². The van der Waals surface area contributed by atoms with Gasteiger partial charge in [-0.05, 0) is 54.2 Å². The third-order valence-electron chi connectivity index (χ3n) is 8.54. The molecule has 0 bridgehead atoms. The maximum Gasteiger partial charge on any atom is 0.410 e. The summed E-state index contributed by atoms with van der Waals surface area (Å²) in [6.45, 7) is 8.26. The first kappa shape index (κ1) is 30.0. The third kappa shape index (κ3) is 7.48. The maximum absolute atomic E-state index is 13.3. The summed E-state index contributed by atoms with van der Waals surface area (Å²) in [6, 6.07) is 26.0. The van der Waals surface area contributed by atoms with Crippen LogP contribution in [0.2, 0.25) is 0 Å². The molecule has 2 atom stereocenters. The Hall–Kier alpha value is -4.50. The second-order valence-electron chi connectivity index (χ2n) is 11.3. The van der Waals surface area contributed by atoms with E-state index < -0.39 is 11.0 Å². The normalized spacial score (nSPS) is 19.1. The molecule has 3 aromatic carbocycles. The minimum atomic E-state index is -0.456. The van der Waals surface area contributed by atoms with Gasteiger partial charge in [-0.25, -0.2) is 4.79 Å². The van der Waals surface area contributed by atoms with Crippen molar-refractivity contribution >= 4 is 17.7 Å². The molecule has 0 radical (unpaired) electrons. The van der Waals surface area contributed by atoms with E-state index in [9.17, 15) is 19.7 Å². The molecule has 43 heavy (non-hydrogen) atoms. The fourth-order valence-electron chi connectivity index (χ4n) is 6.26. The van der Waals surface area contributed by atoms with Crippen LogP contribution in [0, 0.1) is 16.0 Å². The van der Waals surface area contributed by atoms with Crippen molar-refractivity contribution in [2.24, 2.45) is 5.92 Å². The van der Waals surface area contributed by atoms with Crippen LogP contribution in [0.15, 0.2) is 97.6 Å². The summed E-state index contributed by atoms with van der Waals surface area (Å²) in [5.41, 5.74) is 2.67. The van der Waals surface area contributed by atoms with E-state index in [2.05, 4.69) is 35.7 Å². The molecule has 2 aliphatic heterocycles. The number of nitrogens with zero attached hydrogens (tertiary/aromatic N) is 4. The molecule has 0 spiro atoms. The number of ether oxygens (including phenoxy) is 1. The van der Waals surface area contributed by atoms with Gasteiger partial charge in [0.25, 0.3) is 11.6 Å². The molecule has 224 valence electrons. The lowest BCUT2D eigenvalue weighted by Gasteiger charge is -2.39. The summed E-state index contributed by atoms with van der Waals surface area (Å²) in [4.78, 5) is 43.0. The summed E-state index contributed by atoms with van der Waals surface area (Å²) in [5, 5.41) is 10.9. The van der Waals surface area contributed by atoms with E-state index in [1.165, 1.54) is 17.7 Å². The highest BCUT2D eigenvalue weighted by atomic mass is 16.6. The number of hydrogen-bond donors (Lipinski definition) is 0. The Kier molecular flexibility index (Phi) is 9.84. The SMILES string of the molecule is C=CCN(C(=O)OCc1ccc([N+](=O)[O-])cc1)C1CCN(C[C@H]2CN(C(=O)c3ccccc3)C[C@@H]2c2ccccc2)CC1. The van der Waals surface area contributed by atoms with Crippen LogP contribution < -0.4 is 0 Å². The molecule has 2 heterocycles. The molecule has 2 saturated heterocycles. The van der Waals surface area contributed by atoms with E-state index >= 15 is 0 Å². The van der Waals surface area contributed by atoms with E-state index in [-0.39, 0.29) is 30.2 Å². The van der Waals surface area contributed by atoms with E-state index in [4.69, 9.17) is 4.74 Å². The van der Waals surface area contributed by atoms with Gasteiger partial charge in [0.05, 0.1) is 4.92 Å². The average Bonchev–Trinajstić information content (AvgIpc) is 3.47. The molecular weight excluding hydrogens is 544 g/mol. The number of nitro benzene ring substituents is 1. The molecule has 0 aromatic heterocycles. The fraction of sp³-hybridized carbons (Fsp3) is 0.353. The highest BCUT2D eigenvalue weighted by molar-refractivity contribution is 5.94. The summed E-state index contributed by atoms with van der Waals surface area (Å²) in [6.07, 6.45) is 2.93. The standard InChI is InChI=1S/C34H38N4O5/c1-2-19-37(34(40)43-25-26-13-15-31(16-14-26)38(41)42)30-17-20-35(21-18-30)22-29-23-36(33(39)28-11-7-4-8-12-28)24-32(29)27-9-5-3-6-10-27/h2-16,29-30,32H,1,17-25H2/t29-,32+/m0/s1. The van der Waals surface area contributed by atoms with Crippen molar-refractivity contribution in [1.82, 2.24) is 14.7 Å². The van der Waals surface area contributed by atoms with Gasteiger partial charge in [-0.3, -0.25) is 14.9 Å². The van der Waals surface area contributed by atoms with Crippen molar-refractivity contribution in [3.8, 4) is 0 Å². The molecule has 0 N–H and O–H groups in total. The summed E-state index contributed by atoms with van der Waals surface area (Å²) in [7, 11) is 0. The van der Waals surface area contributed by atoms with Gasteiger partial charge >= 0.3 is 6.09 Å². The lowest BCUT2D eigenvalue weighted by molar-refractivity contribution is -0.384. The van der Waals surface area contributed by atoms with E-state index in [1.54, 1.807) is 23.1 Å². The highest BCUT2D eigenvalue weighted by Crippen LogP contribution is 2.35. The minimum Gasteiger partial charge on any atom is -0.445 e. The number of carbonyl (C=O) groups excluding carboxylic acids is 2. The van der Waals surface area contributed by atoms with Crippen molar-refractivity contribution in [2.45, 2.75) is 31.4 Å².